The van der Waals surface area contributed by atoms with E-state index in [9.17, 15) is 14.7 Å². The van der Waals surface area contributed by atoms with Gasteiger partial charge in [0, 0.05) is 6.61 Å². The second-order valence-electron chi connectivity index (χ2n) is 6.39. The molecule has 0 aliphatic carbocycles. The van der Waals surface area contributed by atoms with Crippen molar-refractivity contribution in [2.75, 3.05) is 13.2 Å². The summed E-state index contributed by atoms with van der Waals surface area (Å²) in [7, 11) is 0. The summed E-state index contributed by atoms with van der Waals surface area (Å²) in [6, 6.07) is -0.778. The van der Waals surface area contributed by atoms with Gasteiger partial charge in [-0.3, -0.25) is 4.79 Å². The summed E-state index contributed by atoms with van der Waals surface area (Å²) < 4.78 is 15.9. The lowest BCUT2D eigenvalue weighted by Gasteiger charge is -2.28. The highest BCUT2D eigenvalue weighted by molar-refractivity contribution is 5.96. The number of hydrogen-bond acceptors (Lipinski definition) is 6. The molecule has 1 rings (SSSR count). The molecule has 4 atom stereocenters. The number of carbonyl (C=O) groups excluding carboxylic acids is 2. The van der Waals surface area contributed by atoms with E-state index in [2.05, 4.69) is 0 Å². The summed E-state index contributed by atoms with van der Waals surface area (Å²) in [6.45, 7) is 10.8. The van der Waals surface area contributed by atoms with Gasteiger partial charge in [-0.15, -0.1) is 0 Å². The van der Waals surface area contributed by atoms with E-state index in [-0.39, 0.29) is 6.61 Å². The van der Waals surface area contributed by atoms with E-state index >= 15 is 0 Å². The first kappa shape index (κ1) is 18.9. The average molecular weight is 317 g/mol. The maximum Gasteiger partial charge on any atom is 0.417 e. The zero-order valence-electron chi connectivity index (χ0n) is 14.2. The van der Waals surface area contributed by atoms with Crippen molar-refractivity contribution in [3.63, 3.8) is 0 Å². The van der Waals surface area contributed by atoms with Crippen LogP contribution in [-0.4, -0.2) is 59.3 Å². The van der Waals surface area contributed by atoms with E-state index in [0.29, 0.717) is 6.61 Å². The highest BCUT2D eigenvalue weighted by atomic mass is 16.7. The smallest absolute Gasteiger partial charge is 0.417 e. The summed E-state index contributed by atoms with van der Waals surface area (Å²) in [6.07, 6.45) is -2.24. The van der Waals surface area contributed by atoms with Crippen molar-refractivity contribution in [3.05, 3.63) is 0 Å². The molecule has 0 aromatic carbocycles. The number of aliphatic hydroxyl groups excluding tert-OH is 1. The number of hydrogen-bond donors (Lipinski definition) is 1. The Morgan fingerprint density at radius 1 is 1.36 bits per heavy atom. The van der Waals surface area contributed by atoms with E-state index in [1.165, 1.54) is 0 Å². The van der Waals surface area contributed by atoms with Gasteiger partial charge in [-0.25, -0.2) is 9.69 Å². The summed E-state index contributed by atoms with van der Waals surface area (Å²) in [5.41, 5.74) is -0.724. The zero-order valence-corrected chi connectivity index (χ0v) is 14.2. The minimum atomic E-state index is -0.992. The topological polar surface area (TPSA) is 85.3 Å². The van der Waals surface area contributed by atoms with Crippen molar-refractivity contribution in [2.24, 2.45) is 5.92 Å². The second kappa shape index (κ2) is 7.39. The van der Waals surface area contributed by atoms with E-state index in [4.69, 9.17) is 14.2 Å². The maximum absolute atomic E-state index is 12.2. The molecule has 1 unspecified atom stereocenters. The predicted octanol–water partition coefficient (Wildman–Crippen LogP) is 1.53. The Balaban J connectivity index is 2.81. The van der Waals surface area contributed by atoms with Crippen LogP contribution in [0, 0.1) is 5.92 Å². The molecule has 1 fully saturated rings. The highest BCUT2D eigenvalue weighted by Crippen LogP contribution is 2.27. The Bertz CT molecular complexity index is 405. The van der Waals surface area contributed by atoms with E-state index < -0.39 is 42.0 Å². The fourth-order valence-electron chi connectivity index (χ4n) is 2.24. The maximum atomic E-state index is 12.2. The first-order valence-corrected chi connectivity index (χ1v) is 7.55. The number of imide groups is 1. The third-order valence-electron chi connectivity index (χ3n) is 3.36. The van der Waals surface area contributed by atoms with Crippen molar-refractivity contribution in [2.45, 2.75) is 65.6 Å². The van der Waals surface area contributed by atoms with Crippen LogP contribution in [-0.2, 0) is 19.0 Å². The fourth-order valence-corrected chi connectivity index (χ4v) is 2.24. The van der Waals surface area contributed by atoms with Gasteiger partial charge >= 0.3 is 6.09 Å². The molecule has 128 valence electrons. The molecule has 7 heteroatoms. The Hall–Kier alpha value is -1.18. The quantitative estimate of drug-likeness (QED) is 0.774. The Morgan fingerprint density at radius 3 is 2.45 bits per heavy atom. The summed E-state index contributed by atoms with van der Waals surface area (Å²) in [5, 5.41) is 10.2. The normalized spacial score (nSPS) is 27.1. The molecule has 0 bridgehead atoms. The Labute approximate surface area is 131 Å². The second-order valence-corrected chi connectivity index (χ2v) is 6.39. The zero-order chi connectivity index (χ0) is 17.1. The SMILES string of the molecule is CCOC(C)OC[C@@H]1[C@@H](O)[C@H](C)C(=O)N1C(=O)OC(C)(C)C. The van der Waals surface area contributed by atoms with Crippen LogP contribution in [0.5, 0.6) is 0 Å². The molecule has 1 N–H and O–H groups in total. The molecule has 1 saturated heterocycles. The van der Waals surface area contributed by atoms with Crippen molar-refractivity contribution in [1.29, 1.82) is 0 Å². The first-order chi connectivity index (χ1) is 10.1. The van der Waals surface area contributed by atoms with Crippen LogP contribution >= 0.6 is 0 Å². The number of amides is 2. The van der Waals surface area contributed by atoms with Crippen molar-refractivity contribution >= 4 is 12.0 Å². The van der Waals surface area contributed by atoms with Gasteiger partial charge in [0.1, 0.15) is 5.60 Å². The molecule has 1 aliphatic heterocycles. The van der Waals surface area contributed by atoms with E-state index in [0.717, 1.165) is 4.90 Å². The first-order valence-electron chi connectivity index (χ1n) is 7.55. The molecule has 7 nitrogen and oxygen atoms in total. The number of rotatable bonds is 5. The van der Waals surface area contributed by atoms with Gasteiger partial charge in [-0.2, -0.15) is 0 Å². The molecule has 1 aliphatic rings. The van der Waals surface area contributed by atoms with Crippen LogP contribution in [0.2, 0.25) is 0 Å². The van der Waals surface area contributed by atoms with Gasteiger partial charge in [-0.05, 0) is 34.6 Å². The van der Waals surface area contributed by atoms with Crippen molar-refractivity contribution in [3.8, 4) is 0 Å². The van der Waals surface area contributed by atoms with Gasteiger partial charge in [0.15, 0.2) is 6.29 Å². The van der Waals surface area contributed by atoms with E-state index in [1.807, 2.05) is 6.92 Å². The van der Waals surface area contributed by atoms with Crippen molar-refractivity contribution < 1.29 is 28.9 Å². The summed E-state index contributed by atoms with van der Waals surface area (Å²) in [5.74, 6) is -1.14. The van der Waals surface area contributed by atoms with Crippen LogP contribution < -0.4 is 0 Å². The molecule has 0 radical (unpaired) electrons. The van der Waals surface area contributed by atoms with Crippen LogP contribution in [0.4, 0.5) is 4.79 Å². The number of nitrogens with zero attached hydrogens (tertiary/aromatic N) is 1. The molecule has 0 saturated carbocycles. The lowest BCUT2D eigenvalue weighted by molar-refractivity contribution is -0.145. The summed E-state index contributed by atoms with van der Waals surface area (Å²) >= 11 is 0. The van der Waals surface area contributed by atoms with Crippen LogP contribution in [0.15, 0.2) is 0 Å². The molecular weight excluding hydrogens is 290 g/mol. The van der Waals surface area contributed by atoms with Crippen LogP contribution in [0.3, 0.4) is 0 Å². The third kappa shape index (κ3) is 4.66. The van der Waals surface area contributed by atoms with E-state index in [1.54, 1.807) is 34.6 Å². The minimum absolute atomic E-state index is 0.00233. The summed E-state index contributed by atoms with van der Waals surface area (Å²) in [4.78, 5) is 25.4. The molecule has 2 amide bonds. The van der Waals surface area contributed by atoms with Gasteiger partial charge < -0.3 is 19.3 Å². The molecule has 0 aromatic rings. The highest BCUT2D eigenvalue weighted by Gasteiger charge is 2.49. The molecule has 1 heterocycles. The van der Waals surface area contributed by atoms with Gasteiger partial charge in [0.2, 0.25) is 5.91 Å². The minimum Gasteiger partial charge on any atom is -0.443 e. The Morgan fingerprint density at radius 2 is 1.95 bits per heavy atom. The lowest BCUT2D eigenvalue weighted by atomic mass is 10.0. The van der Waals surface area contributed by atoms with Crippen LogP contribution in [0.1, 0.15) is 41.5 Å². The molecular formula is C15H27NO6. The van der Waals surface area contributed by atoms with Crippen LogP contribution in [0.25, 0.3) is 0 Å². The monoisotopic (exact) mass is 317 g/mol. The number of ether oxygens (including phenoxy) is 3. The standard InChI is InChI=1S/C15H27NO6/c1-7-20-10(3)21-8-11-12(17)9(2)13(18)16(11)14(19)22-15(4,5)6/h9-12,17H,7-8H2,1-6H3/t9-,10?,11+,12-/m0/s1. The van der Waals surface area contributed by atoms with Gasteiger partial charge in [0.05, 0.1) is 24.7 Å². The molecule has 22 heavy (non-hydrogen) atoms. The average Bonchev–Trinajstić information content (AvgIpc) is 2.59. The number of carbonyl (C=O) groups is 2. The predicted molar refractivity (Wildman–Crippen MR) is 79.1 cm³/mol. The fraction of sp³-hybridized carbons (Fsp3) is 0.867. The third-order valence-corrected chi connectivity index (χ3v) is 3.36. The number of aliphatic hydroxyl groups is 1. The molecule has 0 aromatic heterocycles. The Kier molecular flexibility index (Phi) is 6.34. The number of likely N-dealkylation sites (tertiary alicyclic amines) is 1. The van der Waals surface area contributed by atoms with Gasteiger partial charge in [0.25, 0.3) is 0 Å². The van der Waals surface area contributed by atoms with Crippen molar-refractivity contribution in [1.82, 2.24) is 4.90 Å². The molecule has 0 spiro atoms. The van der Waals surface area contributed by atoms with Gasteiger partial charge in [-0.1, -0.05) is 6.92 Å². The lowest BCUT2D eigenvalue weighted by Crippen LogP contribution is -2.47. The largest absolute Gasteiger partial charge is 0.443 e.